The van der Waals surface area contributed by atoms with Gasteiger partial charge in [-0.05, 0) is 47.4 Å². The highest BCUT2D eigenvalue weighted by Gasteiger charge is 2.12. The molecule has 0 fully saturated rings. The average molecular weight is 453 g/mol. The van der Waals surface area contributed by atoms with Crippen molar-refractivity contribution in [3.8, 4) is 11.5 Å². The van der Waals surface area contributed by atoms with Crippen LogP contribution in [0.3, 0.4) is 0 Å². The third-order valence-corrected chi connectivity index (χ3v) is 4.74. The van der Waals surface area contributed by atoms with Crippen molar-refractivity contribution in [3.05, 3.63) is 83.9 Å². The molecule has 0 aromatic heterocycles. The first-order chi connectivity index (χ1) is 15.7. The van der Waals surface area contributed by atoms with Crippen LogP contribution in [0.4, 0.5) is 0 Å². The van der Waals surface area contributed by atoms with E-state index in [1.54, 1.807) is 0 Å². The molecule has 8 nitrogen and oxygen atoms in total. The van der Waals surface area contributed by atoms with Gasteiger partial charge >= 0.3 is 11.9 Å². The molecule has 0 spiro atoms. The Hall–Kier alpha value is -3.88. The van der Waals surface area contributed by atoms with Crippen molar-refractivity contribution in [2.45, 2.75) is 25.5 Å². The van der Waals surface area contributed by atoms with Gasteiger partial charge in [0.1, 0.15) is 11.5 Å². The van der Waals surface area contributed by atoms with Crippen molar-refractivity contribution in [2.24, 2.45) is 0 Å². The van der Waals surface area contributed by atoms with Crippen LogP contribution in [0.2, 0.25) is 0 Å². The van der Waals surface area contributed by atoms with E-state index >= 15 is 0 Å². The lowest BCUT2D eigenvalue weighted by Gasteiger charge is -2.18. The summed E-state index contributed by atoms with van der Waals surface area (Å²) in [5, 5.41) is 50.7. The number of benzene rings is 3. The molecule has 0 radical (unpaired) electrons. The lowest BCUT2D eigenvalue weighted by molar-refractivity contribution is -0.134. The number of aliphatic hydroxyl groups excluding tert-OH is 1. The summed E-state index contributed by atoms with van der Waals surface area (Å²) in [5.41, 5.74) is 1.75. The van der Waals surface area contributed by atoms with Gasteiger partial charge in [0, 0.05) is 30.8 Å². The maximum absolute atomic E-state index is 10.3. The zero-order valence-electron chi connectivity index (χ0n) is 18.0. The van der Waals surface area contributed by atoms with Crippen LogP contribution in [0.25, 0.3) is 10.8 Å². The Bertz CT molecular complexity index is 1090. The fourth-order valence-corrected chi connectivity index (χ4v) is 3.26. The first-order valence-electron chi connectivity index (χ1n) is 10.2. The number of nitrogens with one attached hydrogen (secondary N) is 1. The zero-order valence-corrected chi connectivity index (χ0v) is 18.0. The highest BCUT2D eigenvalue weighted by Crippen LogP contribution is 2.25. The Labute approximate surface area is 191 Å². The van der Waals surface area contributed by atoms with Crippen molar-refractivity contribution >= 4 is 22.7 Å². The molecule has 174 valence electrons. The predicted molar refractivity (Wildman–Crippen MR) is 124 cm³/mol. The molecule has 0 aliphatic carbocycles. The summed E-state index contributed by atoms with van der Waals surface area (Å²) in [4.78, 5) is 19.1. The standard InChI is InChI=1S/C21H23NO3.C4H4O4/c1-14(9-16-7-4-6-15-5-2-3-8-20(15)16)22-13-21(25)17-10-18(23)12-19(24)11-17;5-3(6)1-2-4(7)8/h2-8,10-12,14,21-25H,9,13H2,1H3;1-2H,(H,5,6)(H,7,8)/t14-,21+;/m1./s1. The maximum atomic E-state index is 10.3. The Kier molecular flexibility index (Phi) is 9.41. The molecule has 3 aromatic rings. The molecule has 3 aromatic carbocycles. The van der Waals surface area contributed by atoms with Gasteiger partial charge in [-0.25, -0.2) is 9.59 Å². The number of carbonyl (C=O) groups is 2. The van der Waals surface area contributed by atoms with E-state index in [2.05, 4.69) is 42.6 Å². The summed E-state index contributed by atoms with van der Waals surface area (Å²) < 4.78 is 0. The Balaban J connectivity index is 0.000000414. The number of carboxylic acid groups (broad SMARTS) is 2. The summed E-state index contributed by atoms with van der Waals surface area (Å²) >= 11 is 0. The third kappa shape index (κ3) is 8.64. The van der Waals surface area contributed by atoms with Crippen molar-refractivity contribution in [3.63, 3.8) is 0 Å². The Morgan fingerprint density at radius 1 is 0.909 bits per heavy atom. The molecular formula is C25H27NO7. The van der Waals surface area contributed by atoms with Crippen molar-refractivity contribution < 1.29 is 35.1 Å². The van der Waals surface area contributed by atoms with Gasteiger partial charge in [-0.15, -0.1) is 0 Å². The first kappa shape index (κ1) is 25.4. The molecule has 6 N–H and O–H groups in total. The van der Waals surface area contributed by atoms with Gasteiger partial charge in [0.15, 0.2) is 0 Å². The number of aromatic hydroxyl groups is 2. The van der Waals surface area contributed by atoms with Crippen LogP contribution in [0.1, 0.15) is 24.2 Å². The summed E-state index contributed by atoms with van der Waals surface area (Å²) in [5.74, 6) is -2.63. The minimum Gasteiger partial charge on any atom is -0.508 e. The van der Waals surface area contributed by atoms with E-state index in [1.807, 2.05) is 12.1 Å². The number of hydrogen-bond donors (Lipinski definition) is 6. The van der Waals surface area contributed by atoms with Crippen molar-refractivity contribution in [2.75, 3.05) is 6.54 Å². The summed E-state index contributed by atoms with van der Waals surface area (Å²) in [6, 6.07) is 18.9. The molecule has 0 saturated carbocycles. The normalized spacial score (nSPS) is 12.7. The number of rotatable bonds is 8. The van der Waals surface area contributed by atoms with Crippen LogP contribution in [0.15, 0.2) is 72.8 Å². The van der Waals surface area contributed by atoms with Gasteiger partial charge in [0.25, 0.3) is 0 Å². The van der Waals surface area contributed by atoms with Crippen LogP contribution in [-0.4, -0.2) is 50.1 Å². The zero-order chi connectivity index (χ0) is 24.4. The van der Waals surface area contributed by atoms with Gasteiger partial charge in [-0.3, -0.25) is 0 Å². The molecule has 3 rings (SSSR count). The smallest absolute Gasteiger partial charge is 0.328 e. The van der Waals surface area contributed by atoms with Gasteiger partial charge < -0.3 is 30.8 Å². The lowest BCUT2D eigenvalue weighted by atomic mass is 9.99. The predicted octanol–water partition coefficient (Wildman–Crippen LogP) is 3.22. The Morgan fingerprint density at radius 3 is 2.09 bits per heavy atom. The van der Waals surface area contributed by atoms with Gasteiger partial charge in [-0.1, -0.05) is 42.5 Å². The minimum absolute atomic E-state index is 0.0575. The van der Waals surface area contributed by atoms with Crippen molar-refractivity contribution in [1.82, 2.24) is 5.32 Å². The molecular weight excluding hydrogens is 426 g/mol. The van der Waals surface area contributed by atoms with Gasteiger partial charge in [-0.2, -0.15) is 0 Å². The fraction of sp³-hybridized carbons (Fsp3) is 0.200. The largest absolute Gasteiger partial charge is 0.508 e. The van der Waals surface area contributed by atoms with Gasteiger partial charge in [0.2, 0.25) is 0 Å². The van der Waals surface area contributed by atoms with E-state index in [0.29, 0.717) is 24.3 Å². The monoisotopic (exact) mass is 453 g/mol. The molecule has 0 unspecified atom stereocenters. The molecule has 0 aliphatic rings. The molecule has 0 amide bonds. The van der Waals surface area contributed by atoms with Crippen LogP contribution in [0.5, 0.6) is 11.5 Å². The number of hydrogen-bond acceptors (Lipinski definition) is 6. The second-order valence-electron chi connectivity index (χ2n) is 7.46. The number of fused-ring (bicyclic) bond motifs is 1. The van der Waals surface area contributed by atoms with Gasteiger partial charge in [0.05, 0.1) is 6.10 Å². The lowest BCUT2D eigenvalue weighted by Crippen LogP contribution is -2.32. The summed E-state index contributed by atoms with van der Waals surface area (Å²) in [7, 11) is 0. The maximum Gasteiger partial charge on any atom is 0.328 e. The number of aliphatic hydroxyl groups is 1. The third-order valence-electron chi connectivity index (χ3n) is 4.74. The second-order valence-corrected chi connectivity index (χ2v) is 7.46. The highest BCUT2D eigenvalue weighted by molar-refractivity contribution is 5.89. The van der Waals surface area contributed by atoms with Crippen LogP contribution >= 0.6 is 0 Å². The molecule has 33 heavy (non-hydrogen) atoms. The number of phenols is 2. The van der Waals surface area contributed by atoms with Crippen LogP contribution in [-0.2, 0) is 16.0 Å². The van der Waals surface area contributed by atoms with E-state index in [-0.39, 0.29) is 17.5 Å². The van der Waals surface area contributed by atoms with E-state index in [9.17, 15) is 24.9 Å². The second kappa shape index (κ2) is 12.2. The molecule has 0 saturated heterocycles. The Morgan fingerprint density at radius 2 is 1.48 bits per heavy atom. The highest BCUT2D eigenvalue weighted by atomic mass is 16.4. The van der Waals surface area contributed by atoms with Crippen LogP contribution < -0.4 is 5.32 Å². The molecule has 2 atom stereocenters. The molecule has 0 aliphatic heterocycles. The van der Waals surface area contributed by atoms with E-state index < -0.39 is 18.0 Å². The molecule has 0 heterocycles. The van der Waals surface area contributed by atoms with E-state index in [0.717, 1.165) is 6.42 Å². The molecule has 8 heteroatoms. The number of carboxylic acids is 2. The SMILES string of the molecule is C[C@H](Cc1cccc2ccccc12)NC[C@H](O)c1cc(O)cc(O)c1.O=C(O)C=CC(=O)O. The topological polar surface area (TPSA) is 147 Å². The first-order valence-corrected chi connectivity index (χ1v) is 10.2. The molecule has 0 bridgehead atoms. The van der Waals surface area contributed by atoms with Crippen molar-refractivity contribution in [1.29, 1.82) is 0 Å². The van der Waals surface area contributed by atoms with E-state index in [4.69, 9.17) is 10.2 Å². The van der Waals surface area contributed by atoms with Crippen LogP contribution in [0, 0.1) is 0 Å². The quantitative estimate of drug-likeness (QED) is 0.285. The number of phenolic OH excluding ortho intramolecular Hbond substituents is 2. The number of aliphatic carboxylic acids is 2. The van der Waals surface area contributed by atoms with E-state index in [1.165, 1.54) is 34.5 Å². The minimum atomic E-state index is -1.26. The summed E-state index contributed by atoms with van der Waals surface area (Å²) in [6.07, 6.45) is 1.16. The fourth-order valence-electron chi connectivity index (χ4n) is 3.26. The summed E-state index contributed by atoms with van der Waals surface area (Å²) in [6.45, 7) is 2.42. The average Bonchev–Trinajstić information content (AvgIpc) is 2.76.